The fraction of sp³-hybridized carbons (Fsp3) is 0.0667. The third-order valence-electron chi connectivity index (χ3n) is 3.12. The Morgan fingerprint density at radius 2 is 1.95 bits per heavy atom. The Hall–Kier alpha value is -2.04. The van der Waals surface area contributed by atoms with Crippen LogP contribution < -0.4 is 0 Å². The molecule has 0 spiro atoms. The number of halogens is 2. The van der Waals surface area contributed by atoms with E-state index in [0.29, 0.717) is 32.5 Å². The fourth-order valence-corrected chi connectivity index (χ4v) is 2.51. The van der Waals surface area contributed by atoms with Crippen molar-refractivity contribution in [3.05, 3.63) is 52.0 Å². The molecule has 0 fully saturated rings. The fourth-order valence-electron chi connectivity index (χ4n) is 2.12. The number of nitrogens with zero attached hydrogens (tertiary/aromatic N) is 1. The van der Waals surface area contributed by atoms with Gasteiger partial charge in [-0.2, -0.15) is 0 Å². The molecule has 0 amide bonds. The van der Waals surface area contributed by atoms with Crippen LogP contribution in [0.3, 0.4) is 0 Å². The second kappa shape index (κ2) is 5.39. The van der Waals surface area contributed by atoms with Crippen molar-refractivity contribution in [2.75, 3.05) is 7.11 Å². The van der Waals surface area contributed by atoms with Crippen molar-refractivity contribution in [1.82, 2.24) is 9.97 Å². The lowest BCUT2D eigenvalue weighted by molar-refractivity contribution is 0.0603. The van der Waals surface area contributed by atoms with E-state index in [9.17, 15) is 4.79 Å². The summed E-state index contributed by atoms with van der Waals surface area (Å²) in [5, 5.41) is 0.862. The lowest BCUT2D eigenvalue weighted by Crippen LogP contribution is -2.01. The maximum absolute atomic E-state index is 11.8. The number of nitrogens with one attached hydrogen (secondary N) is 1. The summed E-state index contributed by atoms with van der Waals surface area (Å²) in [5.74, 6) is 0.115. The zero-order valence-corrected chi connectivity index (χ0v) is 12.5. The molecule has 1 heterocycles. The number of carbonyl (C=O) groups excluding carboxylic acids is 1. The Morgan fingerprint density at radius 1 is 1.19 bits per heavy atom. The van der Waals surface area contributed by atoms with E-state index in [1.54, 1.807) is 24.3 Å². The standard InChI is InChI=1S/C15H10Cl2N2O2/c1-21-15(20)9-5-3-7-11-13(9)19-14(18-11)8-4-2-6-10(16)12(8)17/h2-7H,1H3,(H,18,19). The van der Waals surface area contributed by atoms with Crippen LogP contribution in [-0.4, -0.2) is 23.0 Å². The van der Waals surface area contributed by atoms with E-state index < -0.39 is 5.97 Å². The van der Waals surface area contributed by atoms with Crippen LogP contribution in [0, 0.1) is 0 Å². The summed E-state index contributed by atoms with van der Waals surface area (Å²) >= 11 is 12.2. The highest BCUT2D eigenvalue weighted by atomic mass is 35.5. The number of H-pyrrole nitrogens is 1. The molecule has 0 radical (unpaired) electrons. The van der Waals surface area contributed by atoms with Gasteiger partial charge >= 0.3 is 5.97 Å². The molecule has 3 rings (SSSR count). The van der Waals surface area contributed by atoms with Crippen LogP contribution in [0.25, 0.3) is 22.4 Å². The zero-order valence-electron chi connectivity index (χ0n) is 11.0. The molecule has 2 aromatic carbocycles. The molecule has 0 saturated heterocycles. The second-order valence-corrected chi connectivity index (χ2v) is 5.17. The van der Waals surface area contributed by atoms with Gasteiger partial charge in [-0.3, -0.25) is 0 Å². The number of benzene rings is 2. The minimum atomic E-state index is -0.434. The molecule has 4 nitrogen and oxygen atoms in total. The molecule has 0 aliphatic carbocycles. The second-order valence-electron chi connectivity index (χ2n) is 4.38. The van der Waals surface area contributed by atoms with E-state index >= 15 is 0 Å². The smallest absolute Gasteiger partial charge is 0.340 e. The Bertz CT molecular complexity index is 843. The summed E-state index contributed by atoms with van der Waals surface area (Å²) in [4.78, 5) is 19.4. The number of hydrogen-bond acceptors (Lipinski definition) is 3. The van der Waals surface area contributed by atoms with Gasteiger partial charge < -0.3 is 9.72 Å². The Balaban J connectivity index is 2.22. The van der Waals surface area contributed by atoms with E-state index in [0.717, 1.165) is 5.52 Å². The molecule has 106 valence electrons. The largest absolute Gasteiger partial charge is 0.465 e. The van der Waals surface area contributed by atoms with Crippen LogP contribution in [-0.2, 0) is 4.74 Å². The van der Waals surface area contributed by atoms with E-state index in [2.05, 4.69) is 9.97 Å². The van der Waals surface area contributed by atoms with Crippen molar-refractivity contribution in [1.29, 1.82) is 0 Å². The van der Waals surface area contributed by atoms with Crippen molar-refractivity contribution in [2.45, 2.75) is 0 Å². The topological polar surface area (TPSA) is 55.0 Å². The van der Waals surface area contributed by atoms with Gasteiger partial charge in [0.2, 0.25) is 0 Å². The first kappa shape index (κ1) is 13.9. The number of imidazole rings is 1. The molecule has 0 atom stereocenters. The van der Waals surface area contributed by atoms with Gasteiger partial charge in [-0.15, -0.1) is 0 Å². The quantitative estimate of drug-likeness (QED) is 0.715. The van der Waals surface area contributed by atoms with Gasteiger partial charge in [0.25, 0.3) is 0 Å². The number of ether oxygens (including phenoxy) is 1. The predicted octanol–water partition coefficient (Wildman–Crippen LogP) is 4.32. The van der Waals surface area contributed by atoms with E-state index in [1.165, 1.54) is 7.11 Å². The number of carbonyl (C=O) groups is 1. The maximum Gasteiger partial charge on any atom is 0.340 e. The predicted molar refractivity (Wildman–Crippen MR) is 82.9 cm³/mol. The van der Waals surface area contributed by atoms with Crippen LogP contribution in [0.4, 0.5) is 0 Å². The highest BCUT2D eigenvalue weighted by Crippen LogP contribution is 2.33. The van der Waals surface area contributed by atoms with Crippen molar-refractivity contribution in [3.63, 3.8) is 0 Å². The third kappa shape index (κ3) is 2.37. The number of para-hydroxylation sites is 1. The number of aromatic nitrogens is 2. The molecule has 1 aromatic heterocycles. The van der Waals surface area contributed by atoms with Gasteiger partial charge in [0.1, 0.15) is 11.3 Å². The van der Waals surface area contributed by atoms with Gasteiger partial charge in [0, 0.05) is 5.56 Å². The van der Waals surface area contributed by atoms with Gasteiger partial charge in [0.05, 0.1) is 28.2 Å². The summed E-state index contributed by atoms with van der Waals surface area (Å²) < 4.78 is 4.76. The number of methoxy groups -OCH3 is 1. The normalized spacial score (nSPS) is 10.8. The molecule has 1 N–H and O–H groups in total. The third-order valence-corrected chi connectivity index (χ3v) is 3.94. The number of rotatable bonds is 2. The molecule has 0 unspecified atom stereocenters. The molecular formula is C15H10Cl2N2O2. The summed E-state index contributed by atoms with van der Waals surface area (Å²) in [6, 6.07) is 10.6. The van der Waals surface area contributed by atoms with E-state index in [1.807, 2.05) is 12.1 Å². The van der Waals surface area contributed by atoms with Crippen LogP contribution >= 0.6 is 23.2 Å². The first-order chi connectivity index (χ1) is 10.1. The molecule has 0 aliphatic rings. The van der Waals surface area contributed by atoms with Gasteiger partial charge in [-0.25, -0.2) is 9.78 Å². The SMILES string of the molecule is COC(=O)c1cccc2[nH]c(-c3cccc(Cl)c3Cl)nc12. The number of aromatic amines is 1. The minimum Gasteiger partial charge on any atom is -0.465 e. The Kier molecular flexibility index (Phi) is 3.57. The first-order valence-electron chi connectivity index (χ1n) is 6.13. The van der Waals surface area contributed by atoms with Gasteiger partial charge in [0.15, 0.2) is 0 Å². The minimum absolute atomic E-state index is 0.399. The molecule has 6 heteroatoms. The van der Waals surface area contributed by atoms with E-state index in [4.69, 9.17) is 27.9 Å². The molecule has 3 aromatic rings. The Labute approximate surface area is 130 Å². The highest BCUT2D eigenvalue weighted by molar-refractivity contribution is 6.43. The first-order valence-corrected chi connectivity index (χ1v) is 6.89. The molecular weight excluding hydrogens is 311 g/mol. The lowest BCUT2D eigenvalue weighted by Gasteiger charge is -2.01. The Morgan fingerprint density at radius 3 is 2.71 bits per heavy atom. The summed E-state index contributed by atoms with van der Waals surface area (Å²) in [6.07, 6.45) is 0. The molecule has 0 aliphatic heterocycles. The van der Waals surface area contributed by atoms with Gasteiger partial charge in [-0.05, 0) is 24.3 Å². The van der Waals surface area contributed by atoms with Crippen molar-refractivity contribution < 1.29 is 9.53 Å². The van der Waals surface area contributed by atoms with Crippen molar-refractivity contribution >= 4 is 40.2 Å². The summed E-state index contributed by atoms with van der Waals surface area (Å²) in [5.41, 5.74) is 2.34. The van der Waals surface area contributed by atoms with Crippen molar-refractivity contribution in [3.8, 4) is 11.4 Å². The summed E-state index contributed by atoms with van der Waals surface area (Å²) in [7, 11) is 1.34. The number of fused-ring (bicyclic) bond motifs is 1. The van der Waals surface area contributed by atoms with Crippen LogP contribution in [0.15, 0.2) is 36.4 Å². The summed E-state index contributed by atoms with van der Waals surface area (Å²) in [6.45, 7) is 0. The van der Waals surface area contributed by atoms with Gasteiger partial charge in [-0.1, -0.05) is 35.3 Å². The maximum atomic E-state index is 11.8. The highest BCUT2D eigenvalue weighted by Gasteiger charge is 2.16. The zero-order chi connectivity index (χ0) is 15.0. The molecule has 0 saturated carbocycles. The lowest BCUT2D eigenvalue weighted by atomic mass is 10.2. The van der Waals surface area contributed by atoms with Crippen LogP contribution in [0.5, 0.6) is 0 Å². The number of esters is 1. The average Bonchev–Trinajstić information content (AvgIpc) is 2.92. The van der Waals surface area contributed by atoms with Crippen molar-refractivity contribution in [2.24, 2.45) is 0 Å². The van der Waals surface area contributed by atoms with Crippen LogP contribution in [0.2, 0.25) is 10.0 Å². The monoisotopic (exact) mass is 320 g/mol. The van der Waals surface area contributed by atoms with Crippen LogP contribution in [0.1, 0.15) is 10.4 Å². The average molecular weight is 321 g/mol. The number of hydrogen-bond donors (Lipinski definition) is 1. The molecule has 0 bridgehead atoms. The molecule has 21 heavy (non-hydrogen) atoms. The van der Waals surface area contributed by atoms with E-state index in [-0.39, 0.29) is 0 Å².